The summed E-state index contributed by atoms with van der Waals surface area (Å²) in [6.07, 6.45) is 9.41. The van der Waals surface area contributed by atoms with Crippen LogP contribution in [-0.2, 0) is 6.42 Å². The highest BCUT2D eigenvalue weighted by Gasteiger charge is 2.25. The number of rotatable bonds is 3. The van der Waals surface area contributed by atoms with Gasteiger partial charge in [0.2, 0.25) is 0 Å². The summed E-state index contributed by atoms with van der Waals surface area (Å²) >= 11 is 1.64. The average molecular weight is 264 g/mol. The molecule has 1 N–H and O–H groups in total. The summed E-state index contributed by atoms with van der Waals surface area (Å²) in [5, 5.41) is 12.4. The molecule has 0 amide bonds. The van der Waals surface area contributed by atoms with Crippen molar-refractivity contribution in [3.05, 3.63) is 23.5 Å². The molecule has 0 bridgehead atoms. The molecular weight excluding hydrogens is 244 g/mol. The van der Waals surface area contributed by atoms with E-state index in [0.717, 1.165) is 16.6 Å². The summed E-state index contributed by atoms with van der Waals surface area (Å²) in [5.41, 5.74) is 1.02. The van der Waals surface area contributed by atoms with Gasteiger partial charge in [0.1, 0.15) is 0 Å². The van der Waals surface area contributed by atoms with Crippen LogP contribution in [0.2, 0.25) is 0 Å². The van der Waals surface area contributed by atoms with Crippen molar-refractivity contribution < 1.29 is 5.11 Å². The number of hydrogen-bond donors (Lipinski definition) is 1. The Bertz CT molecular complexity index is 482. The van der Waals surface area contributed by atoms with E-state index < -0.39 is 0 Å². The molecule has 0 aromatic carbocycles. The molecule has 1 atom stereocenters. The van der Waals surface area contributed by atoms with Gasteiger partial charge >= 0.3 is 0 Å². The maximum atomic E-state index is 10.3. The molecule has 1 aliphatic rings. The van der Waals surface area contributed by atoms with Crippen molar-refractivity contribution in [1.29, 1.82) is 0 Å². The van der Waals surface area contributed by atoms with Crippen LogP contribution in [0.25, 0.3) is 4.96 Å². The number of fused-ring (bicyclic) bond motifs is 1. The van der Waals surface area contributed by atoms with E-state index in [0.29, 0.717) is 12.3 Å². The Morgan fingerprint density at radius 2 is 2.22 bits per heavy atom. The van der Waals surface area contributed by atoms with Gasteiger partial charge < -0.3 is 5.11 Å². The van der Waals surface area contributed by atoms with Crippen molar-refractivity contribution in [3.63, 3.8) is 0 Å². The van der Waals surface area contributed by atoms with Gasteiger partial charge in [0.15, 0.2) is 4.96 Å². The molecule has 1 fully saturated rings. The van der Waals surface area contributed by atoms with Gasteiger partial charge in [-0.2, -0.15) is 0 Å². The van der Waals surface area contributed by atoms with E-state index in [-0.39, 0.29) is 6.10 Å². The molecule has 0 aliphatic heterocycles. The van der Waals surface area contributed by atoms with Crippen molar-refractivity contribution in [2.24, 2.45) is 11.8 Å². The molecule has 1 aliphatic carbocycles. The Morgan fingerprint density at radius 3 is 2.94 bits per heavy atom. The van der Waals surface area contributed by atoms with Gasteiger partial charge in [0.25, 0.3) is 0 Å². The minimum atomic E-state index is -0.220. The van der Waals surface area contributed by atoms with E-state index in [9.17, 15) is 5.11 Å². The Balaban J connectivity index is 1.63. The Hall–Kier alpha value is -0.870. The highest BCUT2D eigenvalue weighted by molar-refractivity contribution is 7.15. The summed E-state index contributed by atoms with van der Waals surface area (Å²) in [7, 11) is 0. The van der Waals surface area contributed by atoms with E-state index in [4.69, 9.17) is 0 Å². The second-order valence-corrected chi connectivity index (χ2v) is 6.49. The van der Waals surface area contributed by atoms with E-state index in [1.165, 1.54) is 25.7 Å². The first-order chi connectivity index (χ1) is 8.72. The number of imidazole rings is 1. The number of hydrogen-bond acceptors (Lipinski definition) is 3. The SMILES string of the molecule is CC1CCC(C(O)Cc2cn3ccsc3n2)CC1. The largest absolute Gasteiger partial charge is 0.392 e. The fourth-order valence-corrected chi connectivity index (χ4v) is 3.64. The Labute approximate surface area is 111 Å². The maximum Gasteiger partial charge on any atom is 0.193 e. The third-order valence-corrected chi connectivity index (χ3v) is 4.94. The van der Waals surface area contributed by atoms with Crippen molar-refractivity contribution >= 4 is 16.3 Å². The summed E-state index contributed by atoms with van der Waals surface area (Å²) in [5.74, 6) is 1.31. The third kappa shape index (κ3) is 2.45. The van der Waals surface area contributed by atoms with E-state index in [1.54, 1.807) is 11.3 Å². The summed E-state index contributed by atoms with van der Waals surface area (Å²) in [6.45, 7) is 2.31. The van der Waals surface area contributed by atoms with Crippen LogP contribution in [0.15, 0.2) is 17.8 Å². The molecule has 0 saturated heterocycles. The molecule has 1 unspecified atom stereocenters. The van der Waals surface area contributed by atoms with Gasteiger partial charge in [-0.3, -0.25) is 4.40 Å². The zero-order valence-electron chi connectivity index (χ0n) is 10.7. The first-order valence-electron chi connectivity index (χ1n) is 6.81. The highest BCUT2D eigenvalue weighted by Crippen LogP contribution is 2.31. The van der Waals surface area contributed by atoms with Crippen LogP contribution in [0.1, 0.15) is 38.3 Å². The Morgan fingerprint density at radius 1 is 1.44 bits per heavy atom. The monoisotopic (exact) mass is 264 g/mol. The molecule has 2 heterocycles. The number of thiazole rings is 1. The van der Waals surface area contributed by atoms with Crippen LogP contribution in [-0.4, -0.2) is 20.6 Å². The number of aromatic nitrogens is 2. The first-order valence-corrected chi connectivity index (χ1v) is 7.69. The molecule has 3 rings (SSSR count). The molecule has 18 heavy (non-hydrogen) atoms. The van der Waals surface area contributed by atoms with Crippen molar-refractivity contribution in [2.45, 2.75) is 45.1 Å². The summed E-state index contributed by atoms with van der Waals surface area (Å²) in [6, 6.07) is 0. The van der Waals surface area contributed by atoms with Crippen LogP contribution in [0.4, 0.5) is 0 Å². The molecule has 2 aromatic rings. The zero-order chi connectivity index (χ0) is 12.5. The molecular formula is C14H20N2OS. The van der Waals surface area contributed by atoms with Crippen LogP contribution >= 0.6 is 11.3 Å². The van der Waals surface area contributed by atoms with Crippen molar-refractivity contribution in [3.8, 4) is 0 Å². The van der Waals surface area contributed by atoms with Crippen LogP contribution < -0.4 is 0 Å². The van der Waals surface area contributed by atoms with Crippen LogP contribution in [0.5, 0.6) is 0 Å². The Kier molecular flexibility index (Phi) is 3.39. The minimum absolute atomic E-state index is 0.220. The third-order valence-electron chi connectivity index (χ3n) is 4.17. The number of aliphatic hydroxyl groups is 1. The topological polar surface area (TPSA) is 37.5 Å². The van der Waals surface area contributed by atoms with E-state index >= 15 is 0 Å². The van der Waals surface area contributed by atoms with Gasteiger partial charge in [0, 0.05) is 24.2 Å². The van der Waals surface area contributed by atoms with E-state index in [1.807, 2.05) is 22.2 Å². The smallest absolute Gasteiger partial charge is 0.193 e. The van der Waals surface area contributed by atoms with Crippen molar-refractivity contribution in [2.75, 3.05) is 0 Å². The standard InChI is InChI=1S/C14H20N2OS/c1-10-2-4-11(5-3-10)13(17)8-12-9-16-6-7-18-14(16)15-12/h6-7,9-11,13,17H,2-5,8H2,1H3. The number of aliphatic hydroxyl groups excluding tert-OH is 1. The van der Waals surface area contributed by atoms with E-state index in [2.05, 4.69) is 11.9 Å². The second kappa shape index (κ2) is 5.02. The molecule has 0 radical (unpaired) electrons. The first kappa shape index (κ1) is 12.2. The molecule has 3 nitrogen and oxygen atoms in total. The fraction of sp³-hybridized carbons (Fsp3) is 0.643. The predicted octanol–water partition coefficient (Wildman–Crippen LogP) is 3.13. The predicted molar refractivity (Wildman–Crippen MR) is 73.9 cm³/mol. The zero-order valence-corrected chi connectivity index (χ0v) is 11.6. The van der Waals surface area contributed by atoms with Crippen LogP contribution in [0, 0.1) is 11.8 Å². The molecule has 98 valence electrons. The van der Waals surface area contributed by atoms with Crippen LogP contribution in [0.3, 0.4) is 0 Å². The normalized spacial score (nSPS) is 26.6. The highest BCUT2D eigenvalue weighted by atomic mass is 32.1. The lowest BCUT2D eigenvalue weighted by molar-refractivity contribution is 0.0754. The molecule has 4 heteroatoms. The lowest BCUT2D eigenvalue weighted by Gasteiger charge is -2.29. The second-order valence-electron chi connectivity index (χ2n) is 5.62. The van der Waals surface area contributed by atoms with Gasteiger partial charge in [-0.1, -0.05) is 19.8 Å². The van der Waals surface area contributed by atoms with Gasteiger partial charge in [-0.15, -0.1) is 11.3 Å². The quantitative estimate of drug-likeness (QED) is 0.925. The molecule has 0 spiro atoms. The lowest BCUT2D eigenvalue weighted by Crippen LogP contribution is -2.27. The molecule has 1 saturated carbocycles. The average Bonchev–Trinajstić information content (AvgIpc) is 2.90. The minimum Gasteiger partial charge on any atom is -0.392 e. The maximum absolute atomic E-state index is 10.3. The van der Waals surface area contributed by atoms with Gasteiger partial charge in [0.05, 0.1) is 11.8 Å². The van der Waals surface area contributed by atoms with Crippen molar-refractivity contribution in [1.82, 2.24) is 9.38 Å². The fourth-order valence-electron chi connectivity index (χ4n) is 2.93. The summed E-state index contributed by atoms with van der Waals surface area (Å²) in [4.78, 5) is 5.57. The lowest BCUT2D eigenvalue weighted by atomic mass is 9.79. The van der Waals surface area contributed by atoms with Gasteiger partial charge in [-0.25, -0.2) is 4.98 Å². The summed E-state index contributed by atoms with van der Waals surface area (Å²) < 4.78 is 2.04. The molecule has 2 aromatic heterocycles. The number of nitrogens with zero attached hydrogens (tertiary/aromatic N) is 2. The van der Waals surface area contributed by atoms with Gasteiger partial charge in [-0.05, 0) is 24.7 Å².